The quantitative estimate of drug-likeness (QED) is 0.921. The Balaban J connectivity index is 2.51. The van der Waals surface area contributed by atoms with E-state index in [1.165, 1.54) is 6.07 Å². The number of carbonyl (C=O) groups excluding carboxylic acids is 1. The molecule has 1 aromatic carbocycles. The summed E-state index contributed by atoms with van der Waals surface area (Å²) in [4.78, 5) is 14.0. The molecule has 2 rings (SSSR count). The van der Waals surface area contributed by atoms with Gasteiger partial charge in [0.25, 0.3) is 15.9 Å². The number of amides is 1. The minimum atomic E-state index is -3.76. The number of fused-ring (bicyclic) bond motifs is 1. The van der Waals surface area contributed by atoms with Crippen LogP contribution in [-0.4, -0.2) is 32.7 Å². The lowest BCUT2D eigenvalue weighted by atomic mass is 10.1. The van der Waals surface area contributed by atoms with Crippen molar-refractivity contribution in [2.75, 3.05) is 11.4 Å². The van der Waals surface area contributed by atoms with Crippen molar-refractivity contribution in [2.24, 2.45) is 4.40 Å². The molecule has 1 N–H and O–H groups in total. The van der Waals surface area contributed by atoms with Crippen molar-refractivity contribution in [3.05, 3.63) is 23.8 Å². The van der Waals surface area contributed by atoms with Crippen LogP contribution in [0.1, 0.15) is 44.5 Å². The van der Waals surface area contributed by atoms with Gasteiger partial charge in [-0.1, -0.05) is 6.92 Å². The molecule has 1 amide bonds. The van der Waals surface area contributed by atoms with E-state index < -0.39 is 10.0 Å². The van der Waals surface area contributed by atoms with Crippen molar-refractivity contribution < 1.29 is 13.2 Å². The first-order chi connectivity index (χ1) is 10.3. The highest BCUT2D eigenvalue weighted by atomic mass is 32.2. The number of nitrogens with one attached hydrogen (secondary N) is 1. The monoisotopic (exact) mass is 323 g/mol. The van der Waals surface area contributed by atoms with Gasteiger partial charge < -0.3 is 10.2 Å². The highest BCUT2D eigenvalue weighted by Crippen LogP contribution is 2.32. The van der Waals surface area contributed by atoms with Gasteiger partial charge in [0, 0.05) is 18.2 Å². The van der Waals surface area contributed by atoms with E-state index in [9.17, 15) is 13.2 Å². The number of hydrogen-bond acceptors (Lipinski definition) is 4. The van der Waals surface area contributed by atoms with E-state index in [0.29, 0.717) is 23.6 Å². The summed E-state index contributed by atoms with van der Waals surface area (Å²) in [5, 5.41) is 2.76. The third kappa shape index (κ3) is 3.14. The first-order valence-corrected chi connectivity index (χ1v) is 8.74. The van der Waals surface area contributed by atoms with E-state index in [0.717, 1.165) is 6.42 Å². The summed E-state index contributed by atoms with van der Waals surface area (Å²) in [6.45, 7) is 8.07. The molecule has 0 aliphatic carbocycles. The summed E-state index contributed by atoms with van der Waals surface area (Å²) >= 11 is 0. The Labute approximate surface area is 131 Å². The maximum atomic E-state index is 12.3. The molecule has 0 spiro atoms. The Morgan fingerprint density at radius 1 is 1.36 bits per heavy atom. The molecular weight excluding hydrogens is 302 g/mol. The molecule has 6 nitrogen and oxygen atoms in total. The van der Waals surface area contributed by atoms with E-state index in [2.05, 4.69) is 9.71 Å². The molecule has 0 fully saturated rings. The molecule has 22 heavy (non-hydrogen) atoms. The van der Waals surface area contributed by atoms with Gasteiger partial charge >= 0.3 is 0 Å². The van der Waals surface area contributed by atoms with Crippen LogP contribution in [0.15, 0.2) is 27.5 Å². The SMILES string of the molecule is CCCN1C(C)=NS(=O)(=O)c2cc(C(=O)NC(C)C)ccc21. The van der Waals surface area contributed by atoms with Crippen LogP contribution < -0.4 is 10.2 Å². The molecule has 0 radical (unpaired) electrons. The molecular formula is C15H21N3O3S. The Morgan fingerprint density at radius 2 is 2.05 bits per heavy atom. The zero-order valence-electron chi connectivity index (χ0n) is 13.3. The second-order valence-electron chi connectivity index (χ2n) is 5.58. The number of rotatable bonds is 4. The predicted molar refractivity (Wildman–Crippen MR) is 87.0 cm³/mol. The first-order valence-electron chi connectivity index (χ1n) is 7.30. The lowest BCUT2D eigenvalue weighted by molar-refractivity contribution is 0.0943. The zero-order valence-corrected chi connectivity index (χ0v) is 14.1. The molecule has 1 heterocycles. The van der Waals surface area contributed by atoms with Crippen molar-refractivity contribution in [3.8, 4) is 0 Å². The van der Waals surface area contributed by atoms with E-state index in [1.807, 2.05) is 25.7 Å². The summed E-state index contributed by atoms with van der Waals surface area (Å²) in [5.41, 5.74) is 0.901. The molecule has 0 saturated carbocycles. The molecule has 120 valence electrons. The third-order valence-corrected chi connectivity index (χ3v) is 4.69. The molecule has 0 unspecified atom stereocenters. The highest BCUT2D eigenvalue weighted by Gasteiger charge is 2.29. The van der Waals surface area contributed by atoms with E-state index in [-0.39, 0.29) is 16.8 Å². The maximum Gasteiger partial charge on any atom is 0.286 e. The lowest BCUT2D eigenvalue weighted by Crippen LogP contribution is -2.35. The van der Waals surface area contributed by atoms with Gasteiger partial charge in [0.2, 0.25) is 0 Å². The van der Waals surface area contributed by atoms with Crippen molar-refractivity contribution >= 4 is 27.5 Å². The van der Waals surface area contributed by atoms with Gasteiger partial charge in [0.15, 0.2) is 0 Å². The lowest BCUT2D eigenvalue weighted by Gasteiger charge is -2.29. The molecule has 1 aliphatic rings. The van der Waals surface area contributed by atoms with Crippen LogP contribution in [-0.2, 0) is 10.0 Å². The molecule has 7 heteroatoms. The topological polar surface area (TPSA) is 78.8 Å². The van der Waals surface area contributed by atoms with Crippen molar-refractivity contribution in [1.82, 2.24) is 5.32 Å². The summed E-state index contributed by atoms with van der Waals surface area (Å²) in [7, 11) is -3.76. The van der Waals surface area contributed by atoms with Crippen molar-refractivity contribution in [2.45, 2.75) is 45.1 Å². The number of sulfonamides is 1. The second-order valence-corrected chi connectivity index (χ2v) is 7.15. The van der Waals surface area contributed by atoms with Gasteiger partial charge in [0.05, 0.1) is 5.69 Å². The first kappa shape index (κ1) is 16.5. The Hall–Kier alpha value is -1.89. The van der Waals surface area contributed by atoms with Gasteiger partial charge in [-0.2, -0.15) is 8.42 Å². The molecule has 0 saturated heterocycles. The highest BCUT2D eigenvalue weighted by molar-refractivity contribution is 7.90. The minimum Gasteiger partial charge on any atom is -0.350 e. The number of anilines is 1. The smallest absolute Gasteiger partial charge is 0.286 e. The van der Waals surface area contributed by atoms with E-state index >= 15 is 0 Å². The Morgan fingerprint density at radius 3 is 2.64 bits per heavy atom. The average Bonchev–Trinajstić information content (AvgIpc) is 2.41. The fourth-order valence-corrected chi connectivity index (χ4v) is 3.65. The van der Waals surface area contributed by atoms with Crippen LogP contribution in [0.2, 0.25) is 0 Å². The molecule has 0 aromatic heterocycles. The van der Waals surface area contributed by atoms with Gasteiger partial charge in [-0.15, -0.1) is 4.40 Å². The zero-order chi connectivity index (χ0) is 16.5. The van der Waals surface area contributed by atoms with Crippen LogP contribution >= 0.6 is 0 Å². The largest absolute Gasteiger partial charge is 0.350 e. The van der Waals surface area contributed by atoms with Gasteiger partial charge in [-0.05, 0) is 45.4 Å². The average molecular weight is 323 g/mol. The van der Waals surface area contributed by atoms with Gasteiger partial charge in [-0.3, -0.25) is 4.79 Å². The normalized spacial score (nSPS) is 16.2. The minimum absolute atomic E-state index is 0.0167. The molecule has 1 aliphatic heterocycles. The van der Waals surface area contributed by atoms with E-state index in [4.69, 9.17) is 0 Å². The summed E-state index contributed by atoms with van der Waals surface area (Å²) in [6, 6.07) is 4.71. The fourth-order valence-electron chi connectivity index (χ4n) is 2.38. The predicted octanol–water partition coefficient (Wildman–Crippen LogP) is 2.16. The van der Waals surface area contributed by atoms with Crippen LogP contribution in [0.4, 0.5) is 5.69 Å². The van der Waals surface area contributed by atoms with Crippen molar-refractivity contribution in [1.29, 1.82) is 0 Å². The Bertz CT molecular complexity index is 724. The third-order valence-electron chi connectivity index (χ3n) is 3.30. The fraction of sp³-hybridized carbons (Fsp3) is 0.467. The number of carbonyl (C=O) groups is 1. The van der Waals surface area contributed by atoms with Crippen LogP contribution in [0, 0.1) is 0 Å². The summed E-state index contributed by atoms with van der Waals surface area (Å²) < 4.78 is 28.4. The summed E-state index contributed by atoms with van der Waals surface area (Å²) in [6.07, 6.45) is 0.863. The maximum absolute atomic E-state index is 12.3. The van der Waals surface area contributed by atoms with Crippen molar-refractivity contribution in [3.63, 3.8) is 0 Å². The molecule has 0 bridgehead atoms. The Kier molecular flexibility index (Phi) is 4.55. The van der Waals surface area contributed by atoms with Crippen LogP contribution in [0.5, 0.6) is 0 Å². The molecule has 0 atom stereocenters. The number of benzene rings is 1. The number of hydrogen-bond donors (Lipinski definition) is 1. The number of nitrogens with zero attached hydrogens (tertiary/aromatic N) is 2. The summed E-state index contributed by atoms with van der Waals surface area (Å²) in [5.74, 6) is 0.162. The van der Waals surface area contributed by atoms with E-state index in [1.54, 1.807) is 19.1 Å². The number of amidine groups is 1. The van der Waals surface area contributed by atoms with Gasteiger partial charge in [-0.25, -0.2) is 0 Å². The van der Waals surface area contributed by atoms with Crippen LogP contribution in [0.3, 0.4) is 0 Å². The standard InChI is InChI=1S/C15H21N3O3S/c1-5-8-18-11(4)17-22(20,21)14-9-12(6-7-13(14)18)15(19)16-10(2)3/h6-7,9-10H,5,8H2,1-4H3,(H,16,19). The van der Waals surface area contributed by atoms with Gasteiger partial charge in [0.1, 0.15) is 10.7 Å². The van der Waals surface area contributed by atoms with Crippen LogP contribution in [0.25, 0.3) is 0 Å². The second kappa shape index (κ2) is 6.08. The molecule has 1 aromatic rings.